The summed E-state index contributed by atoms with van der Waals surface area (Å²) in [5.41, 5.74) is 1.77. The lowest BCUT2D eigenvalue weighted by molar-refractivity contribution is -0.384. The van der Waals surface area contributed by atoms with E-state index >= 15 is 0 Å². The molecule has 6 heteroatoms. The normalized spacial score (nSPS) is 10.5. The summed E-state index contributed by atoms with van der Waals surface area (Å²) in [4.78, 5) is 24.8. The van der Waals surface area contributed by atoms with E-state index < -0.39 is 4.92 Å². The first-order valence-electron chi connectivity index (χ1n) is 8.19. The van der Waals surface area contributed by atoms with Crippen molar-refractivity contribution in [2.24, 2.45) is 0 Å². The quantitative estimate of drug-likeness (QED) is 0.477. The van der Waals surface area contributed by atoms with Crippen molar-refractivity contribution >= 4 is 11.6 Å². The minimum Gasteiger partial charge on any atom is -0.467 e. The first-order chi connectivity index (χ1) is 12.6. The number of carbonyl (C=O) groups excluding carboxylic acids is 1. The van der Waals surface area contributed by atoms with Crippen molar-refractivity contribution in [2.75, 3.05) is 0 Å². The minimum atomic E-state index is -0.454. The van der Waals surface area contributed by atoms with Crippen LogP contribution in [0.15, 0.2) is 77.4 Å². The van der Waals surface area contributed by atoms with Crippen molar-refractivity contribution in [3.05, 3.63) is 100.0 Å². The number of nitrogens with zero attached hydrogens (tertiary/aromatic N) is 2. The zero-order valence-corrected chi connectivity index (χ0v) is 14.1. The maximum Gasteiger partial charge on any atom is 0.269 e. The Morgan fingerprint density at radius 1 is 0.923 bits per heavy atom. The van der Waals surface area contributed by atoms with E-state index in [9.17, 15) is 14.9 Å². The number of amides is 1. The van der Waals surface area contributed by atoms with Crippen LogP contribution in [0, 0.1) is 10.1 Å². The molecule has 132 valence electrons. The first kappa shape index (κ1) is 17.4. The molecule has 26 heavy (non-hydrogen) atoms. The van der Waals surface area contributed by atoms with E-state index in [-0.39, 0.29) is 18.0 Å². The monoisotopic (exact) mass is 350 g/mol. The molecule has 0 atom stereocenters. The van der Waals surface area contributed by atoms with Gasteiger partial charge in [-0.2, -0.15) is 0 Å². The van der Waals surface area contributed by atoms with Gasteiger partial charge in [0.1, 0.15) is 5.76 Å². The van der Waals surface area contributed by atoms with Gasteiger partial charge in [0.15, 0.2) is 0 Å². The molecule has 1 amide bonds. The predicted octanol–water partition coefficient (Wildman–Crippen LogP) is 3.96. The third kappa shape index (κ3) is 4.57. The molecule has 0 spiro atoms. The van der Waals surface area contributed by atoms with Crippen LogP contribution in [0.1, 0.15) is 16.9 Å². The van der Waals surface area contributed by atoms with E-state index in [0.717, 1.165) is 11.1 Å². The minimum absolute atomic E-state index is 0.0120. The molecule has 0 N–H and O–H groups in total. The second kappa shape index (κ2) is 8.11. The number of furan rings is 1. The molecule has 6 nitrogen and oxygen atoms in total. The highest BCUT2D eigenvalue weighted by Gasteiger charge is 2.17. The number of non-ortho nitro benzene ring substituents is 1. The van der Waals surface area contributed by atoms with Crippen LogP contribution in [0.4, 0.5) is 5.69 Å². The third-order valence-electron chi connectivity index (χ3n) is 4.00. The maximum atomic E-state index is 12.8. The van der Waals surface area contributed by atoms with Crippen molar-refractivity contribution in [3.63, 3.8) is 0 Å². The average molecular weight is 350 g/mol. The number of carbonyl (C=O) groups is 1. The molecule has 0 aliphatic carbocycles. The number of nitro benzene ring substituents is 1. The Labute approximate surface area is 150 Å². The molecule has 0 saturated carbocycles. The number of hydrogen-bond donors (Lipinski definition) is 0. The first-order valence-corrected chi connectivity index (χ1v) is 8.19. The van der Waals surface area contributed by atoms with Gasteiger partial charge < -0.3 is 9.32 Å². The Kier molecular flexibility index (Phi) is 5.43. The van der Waals surface area contributed by atoms with Crippen LogP contribution < -0.4 is 0 Å². The zero-order chi connectivity index (χ0) is 18.4. The Bertz CT molecular complexity index is 859. The standard InChI is InChI=1S/C20H18N2O4/c23-20(13-16-8-10-18(11-9-16)22(24)25)21(15-19-7-4-12-26-19)14-17-5-2-1-3-6-17/h1-12H,13-15H2. The molecule has 0 radical (unpaired) electrons. The number of rotatable bonds is 7. The van der Waals surface area contributed by atoms with Crippen molar-refractivity contribution in [1.29, 1.82) is 0 Å². The fourth-order valence-corrected chi connectivity index (χ4v) is 2.65. The van der Waals surface area contributed by atoms with Gasteiger partial charge in [-0.05, 0) is 23.3 Å². The number of nitro groups is 1. The van der Waals surface area contributed by atoms with Crippen LogP contribution in [0.2, 0.25) is 0 Å². The molecule has 3 aromatic rings. The molecule has 0 aliphatic heterocycles. The molecule has 0 bridgehead atoms. The maximum absolute atomic E-state index is 12.8. The van der Waals surface area contributed by atoms with E-state index in [1.54, 1.807) is 29.4 Å². The summed E-state index contributed by atoms with van der Waals surface area (Å²) in [7, 11) is 0. The predicted molar refractivity (Wildman–Crippen MR) is 96.2 cm³/mol. The van der Waals surface area contributed by atoms with Gasteiger partial charge >= 0.3 is 0 Å². The summed E-state index contributed by atoms with van der Waals surface area (Å²) < 4.78 is 5.38. The molecular weight excluding hydrogens is 332 g/mol. The number of hydrogen-bond acceptors (Lipinski definition) is 4. The highest BCUT2D eigenvalue weighted by molar-refractivity contribution is 5.78. The van der Waals surface area contributed by atoms with E-state index in [0.29, 0.717) is 18.8 Å². The highest BCUT2D eigenvalue weighted by Crippen LogP contribution is 2.16. The van der Waals surface area contributed by atoms with Crippen LogP contribution in [0.3, 0.4) is 0 Å². The van der Waals surface area contributed by atoms with Gasteiger partial charge in [0.05, 0.1) is 24.2 Å². The fourth-order valence-electron chi connectivity index (χ4n) is 2.65. The van der Waals surface area contributed by atoms with Gasteiger partial charge in [0.2, 0.25) is 5.91 Å². The molecule has 3 rings (SSSR count). The zero-order valence-electron chi connectivity index (χ0n) is 14.1. The lowest BCUT2D eigenvalue weighted by Crippen LogP contribution is -2.31. The van der Waals surface area contributed by atoms with Crippen LogP contribution in [-0.2, 0) is 24.3 Å². The van der Waals surface area contributed by atoms with Crippen molar-refractivity contribution in [1.82, 2.24) is 4.90 Å². The van der Waals surface area contributed by atoms with Gasteiger partial charge in [-0.3, -0.25) is 14.9 Å². The highest BCUT2D eigenvalue weighted by atomic mass is 16.6. The number of benzene rings is 2. The molecule has 2 aromatic carbocycles. The van der Waals surface area contributed by atoms with Gasteiger partial charge in [-0.25, -0.2) is 0 Å². The van der Waals surface area contributed by atoms with E-state index in [1.165, 1.54) is 12.1 Å². The Hall–Kier alpha value is -3.41. The summed E-state index contributed by atoms with van der Waals surface area (Å²) in [6.07, 6.45) is 1.75. The fraction of sp³-hybridized carbons (Fsp3) is 0.150. The van der Waals surface area contributed by atoms with E-state index in [4.69, 9.17) is 4.42 Å². The molecule has 0 unspecified atom stereocenters. The van der Waals surface area contributed by atoms with Crippen LogP contribution >= 0.6 is 0 Å². The molecule has 0 aliphatic rings. The molecule has 1 heterocycles. The summed E-state index contributed by atoms with van der Waals surface area (Å²) in [6, 6.07) is 19.4. The summed E-state index contributed by atoms with van der Waals surface area (Å²) in [5.74, 6) is 0.636. The van der Waals surface area contributed by atoms with E-state index in [2.05, 4.69) is 0 Å². The van der Waals surface area contributed by atoms with Crippen molar-refractivity contribution < 1.29 is 14.1 Å². The SMILES string of the molecule is O=C(Cc1ccc([N+](=O)[O-])cc1)N(Cc1ccccc1)Cc1ccco1. The van der Waals surface area contributed by atoms with E-state index in [1.807, 2.05) is 36.4 Å². The second-order valence-corrected chi connectivity index (χ2v) is 5.92. The third-order valence-corrected chi connectivity index (χ3v) is 4.00. The Morgan fingerprint density at radius 2 is 1.65 bits per heavy atom. The van der Waals surface area contributed by atoms with Crippen LogP contribution in [-0.4, -0.2) is 15.7 Å². The lowest BCUT2D eigenvalue weighted by atomic mass is 10.1. The van der Waals surface area contributed by atoms with Gasteiger partial charge in [-0.1, -0.05) is 42.5 Å². The largest absolute Gasteiger partial charge is 0.467 e. The summed E-state index contributed by atoms with van der Waals surface area (Å²) in [6.45, 7) is 0.834. The topological polar surface area (TPSA) is 76.6 Å². The molecular formula is C20H18N2O4. The lowest BCUT2D eigenvalue weighted by Gasteiger charge is -2.22. The van der Waals surface area contributed by atoms with Crippen molar-refractivity contribution in [2.45, 2.75) is 19.5 Å². The summed E-state index contributed by atoms with van der Waals surface area (Å²) >= 11 is 0. The Balaban J connectivity index is 1.74. The smallest absolute Gasteiger partial charge is 0.269 e. The van der Waals surface area contributed by atoms with Crippen LogP contribution in [0.5, 0.6) is 0 Å². The van der Waals surface area contributed by atoms with Crippen molar-refractivity contribution in [3.8, 4) is 0 Å². The van der Waals surface area contributed by atoms with Crippen LogP contribution in [0.25, 0.3) is 0 Å². The molecule has 1 aromatic heterocycles. The Morgan fingerprint density at radius 3 is 2.27 bits per heavy atom. The van der Waals surface area contributed by atoms with Gasteiger partial charge in [0, 0.05) is 18.7 Å². The molecule has 0 saturated heterocycles. The molecule has 0 fully saturated rings. The van der Waals surface area contributed by atoms with Gasteiger partial charge in [0.25, 0.3) is 5.69 Å². The van der Waals surface area contributed by atoms with Gasteiger partial charge in [-0.15, -0.1) is 0 Å². The average Bonchev–Trinajstić information content (AvgIpc) is 3.15. The second-order valence-electron chi connectivity index (χ2n) is 5.92. The summed E-state index contributed by atoms with van der Waals surface area (Å²) in [5, 5.41) is 10.7.